The molecule has 10 nitrogen and oxygen atoms in total. The fourth-order valence-corrected chi connectivity index (χ4v) is 7.12. The van der Waals surface area contributed by atoms with Gasteiger partial charge in [0, 0.05) is 37.8 Å². The van der Waals surface area contributed by atoms with Crippen molar-refractivity contribution < 1.29 is 74.8 Å². The van der Waals surface area contributed by atoms with E-state index in [1.807, 2.05) is 6.92 Å². The van der Waals surface area contributed by atoms with Crippen LogP contribution in [-0.4, -0.2) is 63.8 Å². The third-order valence-electron chi connectivity index (χ3n) is 10.1. The van der Waals surface area contributed by atoms with Crippen LogP contribution in [0.4, 0.5) is 26.3 Å². The third kappa shape index (κ3) is 8.68. The lowest BCUT2D eigenvalue weighted by atomic mass is 9.71. The first kappa shape index (κ1) is 46.4. The van der Waals surface area contributed by atoms with E-state index >= 15 is 26.3 Å². The average Bonchev–Trinajstić information content (AvgIpc) is 3.13. The predicted octanol–water partition coefficient (Wildman–Crippen LogP) is 9.06. The molecule has 5 rings (SSSR count). The number of carbonyl (C=O) groups excluding carboxylic acids is 4. The number of aromatic carboxylic acids is 2. The molecule has 0 bridgehead atoms. The Morgan fingerprint density at radius 1 is 0.600 bits per heavy atom. The van der Waals surface area contributed by atoms with E-state index in [1.54, 1.807) is 24.3 Å². The molecule has 1 aliphatic rings. The maximum absolute atomic E-state index is 15.1. The van der Waals surface area contributed by atoms with E-state index in [9.17, 15) is 39.0 Å². The first-order valence-corrected chi connectivity index (χ1v) is 17.9. The molecule has 0 unspecified atom stereocenters. The van der Waals surface area contributed by atoms with Crippen LogP contribution in [0.25, 0.3) is 0 Å². The van der Waals surface area contributed by atoms with Crippen LogP contribution in [0.5, 0.6) is 0 Å². The molecule has 0 spiro atoms. The van der Waals surface area contributed by atoms with Gasteiger partial charge in [-0.1, -0.05) is 80.6 Å². The van der Waals surface area contributed by atoms with E-state index in [1.165, 1.54) is 45.0 Å². The van der Waals surface area contributed by atoms with Crippen LogP contribution in [0, 0.1) is 12.3 Å². The van der Waals surface area contributed by atoms with E-state index in [0.717, 1.165) is 5.56 Å². The van der Waals surface area contributed by atoms with Crippen LogP contribution in [-0.2, 0) is 43.7 Å². The molecule has 1 saturated heterocycles. The Kier molecular flexibility index (Phi) is 12.9. The molecule has 318 valence electrons. The summed E-state index contributed by atoms with van der Waals surface area (Å²) in [6.45, 7) is 5.87. The number of aryl methyl sites for hydroxylation is 1. The lowest BCUT2D eigenvalue weighted by molar-refractivity contribution is -0.288. The quantitative estimate of drug-likeness (QED) is 0.0575. The fraction of sp³-hybridized carbons (Fsp3) is 0.318. The number of alkyl halides is 6. The van der Waals surface area contributed by atoms with Crippen LogP contribution in [0.1, 0.15) is 109 Å². The maximum atomic E-state index is 15.1. The number of carboxylic acid groups (broad SMARTS) is 2. The van der Waals surface area contributed by atoms with Crippen molar-refractivity contribution in [3.05, 3.63) is 141 Å². The summed E-state index contributed by atoms with van der Waals surface area (Å²) in [5, 5.41) is 19.4. The summed E-state index contributed by atoms with van der Waals surface area (Å²) in [7, 11) is 0. The second-order valence-electron chi connectivity index (χ2n) is 14.7. The number of ketones is 2. The van der Waals surface area contributed by atoms with Crippen LogP contribution < -0.4 is 0 Å². The van der Waals surface area contributed by atoms with Crippen molar-refractivity contribution in [2.45, 2.75) is 84.4 Å². The minimum Gasteiger partial charge on any atom is -0.478 e. The molecule has 1 aliphatic heterocycles. The van der Waals surface area contributed by atoms with Gasteiger partial charge in [0.05, 0.1) is 11.1 Å². The molecule has 0 atom stereocenters. The van der Waals surface area contributed by atoms with Gasteiger partial charge < -0.3 is 19.7 Å². The fourth-order valence-electron chi connectivity index (χ4n) is 7.12. The molecule has 1 fully saturated rings. The summed E-state index contributed by atoms with van der Waals surface area (Å²) in [5.74, 6) is -9.10. The lowest BCUT2D eigenvalue weighted by Gasteiger charge is -2.40. The first-order valence-electron chi connectivity index (χ1n) is 17.9. The Bertz CT molecular complexity index is 2310. The molecule has 16 heteroatoms. The zero-order valence-corrected chi connectivity index (χ0v) is 31.8. The minimum absolute atomic E-state index is 0. The summed E-state index contributed by atoms with van der Waals surface area (Å²) in [5.41, 5.74) is -11.6. The molecule has 1 heterocycles. The van der Waals surface area contributed by atoms with E-state index in [-0.39, 0.29) is 50.1 Å². The number of hydrogen-bond donors (Lipinski definition) is 2. The molecule has 0 saturated carbocycles. The highest BCUT2D eigenvalue weighted by Crippen LogP contribution is 2.56. The Balaban J connectivity index is 0.00000794. The second-order valence-corrected chi connectivity index (χ2v) is 14.7. The zero-order chi connectivity index (χ0) is 43.9. The van der Waals surface area contributed by atoms with Crippen LogP contribution in [0.15, 0.2) is 84.9 Å². The van der Waals surface area contributed by atoms with Crippen molar-refractivity contribution >= 4 is 35.4 Å². The number of ether oxygens (including phenoxy) is 2. The molecule has 4 aromatic carbocycles. The second kappa shape index (κ2) is 16.7. The average molecular weight is 843 g/mol. The number of Topliss-reactive ketones (excluding diaryl/α,β-unsaturated/α-hetero) is 2. The topological polar surface area (TPSA) is 161 Å². The Morgan fingerprint density at radius 3 is 1.37 bits per heavy atom. The highest BCUT2D eigenvalue weighted by Gasteiger charge is 2.72. The SMILES string of the molecule is C.CCC(=O)c1cc(C(c2ccc(C(=O)O)c(C(=O)Cc3ccc(CC4(Cc5ccc(C)cc5)C(=O)OC(C)(C)OC4=O)cc3)c2)(C(F)(F)F)C(F)(F)F)ccc1C(=O)O. The molecule has 0 radical (unpaired) electrons. The molecule has 0 aliphatic carbocycles. The lowest BCUT2D eigenvalue weighted by Crippen LogP contribution is -2.56. The number of rotatable bonds is 13. The van der Waals surface area contributed by atoms with Gasteiger partial charge in [-0.25, -0.2) is 9.59 Å². The summed E-state index contributed by atoms with van der Waals surface area (Å²) in [6.07, 6.45) is -14.0. The van der Waals surface area contributed by atoms with Crippen molar-refractivity contribution in [2.24, 2.45) is 5.41 Å². The summed E-state index contributed by atoms with van der Waals surface area (Å²) in [4.78, 5) is 77.3. The number of cyclic esters (lactones) is 2. The van der Waals surface area contributed by atoms with Crippen molar-refractivity contribution in [3.63, 3.8) is 0 Å². The van der Waals surface area contributed by atoms with E-state index in [0.29, 0.717) is 23.3 Å². The molecule has 4 aromatic rings. The van der Waals surface area contributed by atoms with Gasteiger partial charge in [-0.3, -0.25) is 19.2 Å². The largest absolute Gasteiger partial charge is 0.478 e. The van der Waals surface area contributed by atoms with Gasteiger partial charge in [-0.2, -0.15) is 26.3 Å². The van der Waals surface area contributed by atoms with Gasteiger partial charge in [0.2, 0.25) is 5.41 Å². The van der Waals surface area contributed by atoms with Crippen LogP contribution >= 0.6 is 0 Å². The van der Waals surface area contributed by atoms with Crippen LogP contribution in [0.2, 0.25) is 0 Å². The van der Waals surface area contributed by atoms with Gasteiger partial charge in [-0.15, -0.1) is 0 Å². The number of hydrogen-bond acceptors (Lipinski definition) is 8. The number of esters is 2. The smallest absolute Gasteiger partial charge is 0.411 e. The Labute approximate surface area is 340 Å². The van der Waals surface area contributed by atoms with Crippen molar-refractivity contribution in [2.75, 3.05) is 0 Å². The molecule has 2 N–H and O–H groups in total. The summed E-state index contributed by atoms with van der Waals surface area (Å²) < 4.78 is 102. The van der Waals surface area contributed by atoms with E-state index in [4.69, 9.17) is 9.47 Å². The van der Waals surface area contributed by atoms with Gasteiger partial charge in [0.15, 0.2) is 17.0 Å². The van der Waals surface area contributed by atoms with E-state index in [2.05, 4.69) is 0 Å². The van der Waals surface area contributed by atoms with E-state index < -0.39 is 111 Å². The standard InChI is InChI=1S/C43H36F6O10.CH4/c1-5-33(50)31-19-27(14-16-29(31)35(52)53)41(42(44,45)46,43(47,48)49)28-15-17-30(36(54)55)32(20-28)34(51)18-24-10-12-26(13-11-24)22-40(21-25-8-6-23(2)7-9-25)37(56)58-39(3,4)59-38(40)57;/h6-17,19-20H,5,18,21-22H2,1-4H3,(H,52,53)(H,54,55);1H4. The monoisotopic (exact) mass is 842 g/mol. The van der Waals surface area contributed by atoms with Gasteiger partial charge >= 0.3 is 36.2 Å². The van der Waals surface area contributed by atoms with Gasteiger partial charge in [-0.05, 0) is 71.8 Å². The molecular weight excluding hydrogens is 802 g/mol. The first-order chi connectivity index (χ1) is 27.4. The molecular formula is C44H40F6O10. The highest BCUT2D eigenvalue weighted by molar-refractivity contribution is 6.07. The minimum atomic E-state index is -6.24. The predicted molar refractivity (Wildman–Crippen MR) is 203 cm³/mol. The highest BCUT2D eigenvalue weighted by atomic mass is 19.4. The normalized spacial score (nSPS) is 15.0. The number of benzene rings is 4. The molecule has 0 aromatic heterocycles. The number of carboxylic acids is 2. The zero-order valence-electron chi connectivity index (χ0n) is 31.8. The van der Waals surface area contributed by atoms with Crippen molar-refractivity contribution in [1.29, 1.82) is 0 Å². The molecule has 0 amide bonds. The number of halogens is 6. The maximum Gasteiger partial charge on any atom is 0.411 e. The number of carbonyl (C=O) groups is 6. The van der Waals surface area contributed by atoms with Gasteiger partial charge in [0.1, 0.15) is 0 Å². The Hall–Kier alpha value is -6.32. The summed E-state index contributed by atoms with van der Waals surface area (Å²) >= 11 is 0. The van der Waals surface area contributed by atoms with Crippen molar-refractivity contribution in [1.82, 2.24) is 0 Å². The Morgan fingerprint density at radius 2 is 0.983 bits per heavy atom. The van der Waals surface area contributed by atoms with Crippen molar-refractivity contribution in [3.8, 4) is 0 Å². The van der Waals surface area contributed by atoms with Gasteiger partial charge in [0.25, 0.3) is 5.79 Å². The van der Waals surface area contributed by atoms with Crippen LogP contribution in [0.3, 0.4) is 0 Å². The summed E-state index contributed by atoms with van der Waals surface area (Å²) in [6, 6.07) is 14.4. The third-order valence-corrected chi connectivity index (χ3v) is 10.1. The molecule has 60 heavy (non-hydrogen) atoms.